The minimum absolute atomic E-state index is 0.0260. The second-order valence-corrected chi connectivity index (χ2v) is 11.6. The molecule has 3 heterocycles. The van der Waals surface area contributed by atoms with Crippen molar-refractivity contribution in [1.82, 2.24) is 9.47 Å². The molecule has 0 atom stereocenters. The van der Waals surface area contributed by atoms with Crippen LogP contribution in [0.15, 0.2) is 39.0 Å². The number of aliphatic carboxylic acids is 2. The van der Waals surface area contributed by atoms with Crippen LogP contribution in [0.25, 0.3) is 11.0 Å². The number of fused-ring (bicyclic) bond motifs is 1. The fourth-order valence-corrected chi connectivity index (χ4v) is 7.19. The van der Waals surface area contributed by atoms with Gasteiger partial charge in [0.25, 0.3) is 11.5 Å². The molecule has 0 spiro atoms. The SMILES string of the molecule is COCCN1/C(=C\C=c2/s/c(=C3\SC(=S)N(CC(=O)[O-])C3=O)n(CC(=O)[O-])c2=O)Sc2ccc(C)cc21. The predicted octanol–water partition coefficient (Wildman–Crippen LogP) is -1.43. The van der Waals surface area contributed by atoms with Crippen LogP contribution in [0.1, 0.15) is 5.56 Å². The molecule has 0 N–H and O–H groups in total. The fraction of sp³-hybridized carbons (Fsp3) is 0.261. The number of carboxylic acids is 2. The first-order valence-electron chi connectivity index (χ1n) is 10.7. The number of carboxylic acid groups (broad SMARTS) is 2. The number of anilines is 1. The van der Waals surface area contributed by atoms with Gasteiger partial charge in [0.2, 0.25) is 0 Å². The molecule has 37 heavy (non-hydrogen) atoms. The summed E-state index contributed by atoms with van der Waals surface area (Å²) in [6, 6.07) is 6.10. The number of carbonyl (C=O) groups is 3. The van der Waals surface area contributed by atoms with Crippen molar-refractivity contribution < 1.29 is 29.3 Å². The van der Waals surface area contributed by atoms with E-state index in [2.05, 4.69) is 11.0 Å². The first-order chi connectivity index (χ1) is 17.6. The number of allylic oxidation sites excluding steroid dienone is 1. The maximum Gasteiger partial charge on any atom is 0.269 e. The van der Waals surface area contributed by atoms with Crippen molar-refractivity contribution in [3.8, 4) is 0 Å². The normalized spacial score (nSPS) is 18.3. The number of benzene rings is 1. The monoisotopic (exact) mass is 577 g/mol. The molecule has 1 fully saturated rings. The number of thioether (sulfide) groups is 2. The third-order valence-electron chi connectivity index (χ3n) is 5.31. The largest absolute Gasteiger partial charge is 0.548 e. The van der Waals surface area contributed by atoms with Crippen LogP contribution in [-0.2, 0) is 25.7 Å². The smallest absolute Gasteiger partial charge is 0.269 e. The van der Waals surface area contributed by atoms with E-state index in [4.69, 9.17) is 17.0 Å². The molecule has 194 valence electrons. The standard InChI is InChI=1S/C23H21N3O7S4/c1-12-3-4-14-13(9-12)24(7-8-33-2)16(35-14)6-5-15-20(31)25(10-17(27)28)22(36-15)19-21(32)26(11-18(29)30)23(34)37-19/h3-6,9H,7-8,10-11H2,1-2H3,(H,27,28)(H,29,30)/p-2/b15-5-,16-6+,22-19-. The molecule has 10 nitrogen and oxygen atoms in total. The molecular weight excluding hydrogens is 559 g/mol. The molecule has 4 rings (SSSR count). The van der Waals surface area contributed by atoms with E-state index in [0.29, 0.717) is 13.2 Å². The summed E-state index contributed by atoms with van der Waals surface area (Å²) in [4.78, 5) is 52.3. The van der Waals surface area contributed by atoms with E-state index in [1.807, 2.05) is 19.1 Å². The molecule has 2 aliphatic rings. The quantitative estimate of drug-likeness (QED) is 0.342. The van der Waals surface area contributed by atoms with Crippen LogP contribution in [-0.4, -0.2) is 58.4 Å². The number of carbonyl (C=O) groups excluding carboxylic acids is 3. The van der Waals surface area contributed by atoms with Gasteiger partial charge in [0.05, 0.1) is 46.9 Å². The number of aryl methyl sites for hydroxylation is 1. The minimum Gasteiger partial charge on any atom is -0.548 e. The van der Waals surface area contributed by atoms with Gasteiger partial charge >= 0.3 is 0 Å². The van der Waals surface area contributed by atoms with E-state index in [0.717, 1.165) is 53.7 Å². The number of ether oxygens (including phenoxy) is 1. The lowest BCUT2D eigenvalue weighted by atomic mass is 10.2. The number of methoxy groups -OCH3 is 1. The maximum atomic E-state index is 13.1. The molecule has 2 aliphatic heterocycles. The van der Waals surface area contributed by atoms with Gasteiger partial charge in [-0.15, -0.1) is 11.3 Å². The molecule has 1 amide bonds. The highest BCUT2D eigenvalue weighted by Gasteiger charge is 2.34. The summed E-state index contributed by atoms with van der Waals surface area (Å²) in [7, 11) is 1.61. The zero-order chi connectivity index (χ0) is 26.9. The summed E-state index contributed by atoms with van der Waals surface area (Å²) < 4.78 is 6.40. The van der Waals surface area contributed by atoms with Crippen LogP contribution >= 0.6 is 47.1 Å². The number of nitrogens with zero attached hydrogens (tertiary/aromatic N) is 3. The predicted molar refractivity (Wildman–Crippen MR) is 142 cm³/mol. The van der Waals surface area contributed by atoms with E-state index in [-0.39, 0.29) is 18.4 Å². The summed E-state index contributed by atoms with van der Waals surface area (Å²) in [6.07, 6.45) is 3.34. The number of aromatic nitrogens is 1. The molecule has 0 unspecified atom stereocenters. The highest BCUT2D eigenvalue weighted by Crippen LogP contribution is 2.46. The van der Waals surface area contributed by atoms with Crippen LogP contribution in [0.4, 0.5) is 5.69 Å². The third kappa shape index (κ3) is 5.67. The number of hydrogen-bond donors (Lipinski definition) is 0. The Morgan fingerprint density at radius 2 is 1.81 bits per heavy atom. The van der Waals surface area contributed by atoms with Crippen molar-refractivity contribution in [2.75, 3.05) is 31.7 Å². The third-order valence-corrected chi connectivity index (χ3v) is 9.15. The van der Waals surface area contributed by atoms with E-state index in [1.54, 1.807) is 19.3 Å². The van der Waals surface area contributed by atoms with Gasteiger partial charge in [-0.05, 0) is 36.8 Å². The number of thiocarbonyl (C=S) groups is 1. The van der Waals surface area contributed by atoms with Crippen molar-refractivity contribution in [2.24, 2.45) is 0 Å². The second kappa shape index (κ2) is 11.2. The molecule has 1 saturated heterocycles. The molecular formula is C23H19N3O7S4-2. The van der Waals surface area contributed by atoms with E-state index in [9.17, 15) is 29.4 Å². The number of rotatable bonds is 8. The lowest BCUT2D eigenvalue weighted by molar-refractivity contribution is -0.307. The van der Waals surface area contributed by atoms with Crippen molar-refractivity contribution in [3.63, 3.8) is 0 Å². The Hall–Kier alpha value is -2.91. The van der Waals surface area contributed by atoms with Crippen LogP contribution < -0.4 is 29.9 Å². The molecule has 0 aliphatic carbocycles. The average Bonchev–Trinajstić information content (AvgIpc) is 3.43. The molecule has 0 radical (unpaired) electrons. The van der Waals surface area contributed by atoms with Crippen LogP contribution in [0.2, 0.25) is 0 Å². The number of hydrogen-bond acceptors (Lipinski definition) is 12. The first kappa shape index (κ1) is 27.1. The molecule has 2 aromatic rings. The summed E-state index contributed by atoms with van der Waals surface area (Å²) in [5.41, 5.74) is 1.50. The topological polar surface area (TPSA) is 135 Å². The van der Waals surface area contributed by atoms with Gasteiger partial charge in [0.15, 0.2) is 0 Å². The van der Waals surface area contributed by atoms with E-state index >= 15 is 0 Å². The van der Waals surface area contributed by atoms with E-state index < -0.39 is 36.5 Å². The lowest BCUT2D eigenvalue weighted by Crippen LogP contribution is -2.41. The molecule has 0 bridgehead atoms. The van der Waals surface area contributed by atoms with Gasteiger partial charge < -0.3 is 29.4 Å². The average molecular weight is 578 g/mol. The Labute approximate surface area is 228 Å². The molecule has 0 saturated carbocycles. The van der Waals surface area contributed by atoms with Gasteiger partial charge in [-0.1, -0.05) is 41.8 Å². The van der Waals surface area contributed by atoms with Crippen LogP contribution in [0.5, 0.6) is 0 Å². The van der Waals surface area contributed by atoms with Crippen LogP contribution in [0.3, 0.4) is 0 Å². The molecule has 1 aromatic carbocycles. The number of amides is 1. The Morgan fingerprint density at radius 3 is 2.49 bits per heavy atom. The highest BCUT2D eigenvalue weighted by atomic mass is 32.2. The first-order valence-corrected chi connectivity index (χ1v) is 13.6. The highest BCUT2D eigenvalue weighted by molar-refractivity contribution is 8.30. The van der Waals surface area contributed by atoms with Crippen molar-refractivity contribution in [3.05, 3.63) is 54.4 Å². The molecule has 1 aromatic heterocycles. The Morgan fingerprint density at radius 1 is 1.08 bits per heavy atom. The summed E-state index contributed by atoms with van der Waals surface area (Å²) in [5, 5.41) is 23.2. The summed E-state index contributed by atoms with van der Waals surface area (Å²) in [5.74, 6) is -3.75. The van der Waals surface area contributed by atoms with E-state index in [1.165, 1.54) is 11.8 Å². The molecule has 14 heteroatoms. The minimum atomic E-state index is -1.51. The lowest BCUT2D eigenvalue weighted by Gasteiger charge is -2.20. The second-order valence-electron chi connectivity index (χ2n) is 7.88. The van der Waals surface area contributed by atoms with Crippen molar-refractivity contribution >= 4 is 85.9 Å². The van der Waals surface area contributed by atoms with Gasteiger partial charge in [-0.25, -0.2) is 0 Å². The summed E-state index contributed by atoms with van der Waals surface area (Å²) >= 11 is 8.35. The van der Waals surface area contributed by atoms with Crippen LogP contribution in [0, 0.1) is 6.92 Å². The Bertz CT molecular complexity index is 1530. The van der Waals surface area contributed by atoms with Crippen molar-refractivity contribution in [2.45, 2.75) is 18.4 Å². The zero-order valence-corrected chi connectivity index (χ0v) is 22.8. The van der Waals surface area contributed by atoms with Gasteiger partial charge in [-0.2, -0.15) is 0 Å². The van der Waals surface area contributed by atoms with Gasteiger partial charge in [-0.3, -0.25) is 19.1 Å². The van der Waals surface area contributed by atoms with Crippen molar-refractivity contribution in [1.29, 1.82) is 0 Å². The maximum absolute atomic E-state index is 13.1. The number of thiazole rings is 1. The fourth-order valence-electron chi connectivity index (χ4n) is 3.66. The van der Waals surface area contributed by atoms with Gasteiger partial charge in [0.1, 0.15) is 13.9 Å². The van der Waals surface area contributed by atoms with Gasteiger partial charge in [0, 0.05) is 18.6 Å². The zero-order valence-electron chi connectivity index (χ0n) is 19.5. The Kier molecular flexibility index (Phi) is 8.23. The summed E-state index contributed by atoms with van der Waals surface area (Å²) in [6.45, 7) is 1.54. The Balaban J connectivity index is 1.82.